The maximum atomic E-state index is 14.1. The summed E-state index contributed by atoms with van der Waals surface area (Å²) < 4.78 is 6.66. The lowest BCUT2D eigenvalue weighted by Crippen LogP contribution is -2.47. The zero-order valence-electron chi connectivity index (χ0n) is 20.6. The van der Waals surface area contributed by atoms with Gasteiger partial charge >= 0.3 is 6.03 Å². The van der Waals surface area contributed by atoms with Crippen molar-refractivity contribution >= 4 is 49.1 Å². The molecule has 0 radical (unpaired) electrons. The molecule has 184 valence electrons. The first-order valence-corrected chi connectivity index (χ1v) is 15.2. The Balaban J connectivity index is 1.73. The van der Waals surface area contributed by atoms with Crippen LogP contribution in [0.4, 0.5) is 10.5 Å². The number of nitrogens with zero attached hydrogens (tertiary/aromatic N) is 3. The number of rotatable bonds is 5. The minimum absolute atomic E-state index is 0.00207. The molecule has 0 spiro atoms. The molecule has 4 rings (SSSR count). The minimum Gasteiger partial charge on any atom is -0.412 e. The molecule has 0 N–H and O–H groups in total. The Hall–Kier alpha value is -2.37. The van der Waals surface area contributed by atoms with Gasteiger partial charge in [-0.2, -0.15) is 5.26 Å². The van der Waals surface area contributed by atoms with E-state index in [-0.39, 0.29) is 17.0 Å². The fourth-order valence-corrected chi connectivity index (χ4v) is 6.52. The number of imide groups is 1. The quantitative estimate of drug-likeness (QED) is 0.331. The zero-order valence-corrected chi connectivity index (χ0v) is 23.1. The van der Waals surface area contributed by atoms with Crippen LogP contribution in [-0.4, -0.2) is 43.3 Å². The van der Waals surface area contributed by atoms with Gasteiger partial charge < -0.3 is 9.33 Å². The Kier molecular flexibility index (Phi) is 6.56. The highest BCUT2D eigenvalue weighted by Crippen LogP contribution is 2.46. The molecule has 0 aromatic heterocycles. The number of carbonyl (C=O) groups is 2. The number of nitriles is 1. The van der Waals surface area contributed by atoms with Crippen LogP contribution in [0, 0.1) is 11.3 Å². The van der Waals surface area contributed by atoms with Crippen LogP contribution in [0.5, 0.6) is 0 Å². The Bertz CT molecular complexity index is 1200. The van der Waals surface area contributed by atoms with Gasteiger partial charge in [0, 0.05) is 29.4 Å². The first-order chi connectivity index (χ1) is 16.3. The molecule has 2 aromatic rings. The predicted molar refractivity (Wildman–Crippen MR) is 140 cm³/mol. The van der Waals surface area contributed by atoms with Gasteiger partial charge in [-0.25, -0.2) is 9.69 Å². The van der Waals surface area contributed by atoms with E-state index in [2.05, 4.69) is 39.9 Å². The summed E-state index contributed by atoms with van der Waals surface area (Å²) >= 11 is 12.4. The molecule has 2 aliphatic rings. The molecule has 2 atom stereocenters. The van der Waals surface area contributed by atoms with Gasteiger partial charge in [-0.1, -0.05) is 56.1 Å². The number of benzene rings is 2. The molecule has 2 fully saturated rings. The SMILES string of the molecule is CC(C)(C)[Si](C)(C)O[C@H]1CN2C(=O)N(c3cc(Cl)cc(Cl)c3)C(=O)[C@]2(Cc2ccc(C#N)cc2)C1. The van der Waals surface area contributed by atoms with E-state index in [1.807, 2.05) is 12.1 Å². The molecule has 0 saturated carbocycles. The second-order valence-corrected chi connectivity index (χ2v) is 16.5. The minimum atomic E-state index is -2.13. The number of hydrogen-bond donors (Lipinski definition) is 0. The molecule has 2 aliphatic heterocycles. The van der Waals surface area contributed by atoms with Crippen LogP contribution in [0.25, 0.3) is 0 Å². The van der Waals surface area contributed by atoms with E-state index in [0.29, 0.717) is 40.7 Å². The van der Waals surface area contributed by atoms with Crippen LogP contribution < -0.4 is 4.90 Å². The van der Waals surface area contributed by atoms with Gasteiger partial charge in [0.25, 0.3) is 5.91 Å². The summed E-state index contributed by atoms with van der Waals surface area (Å²) in [5, 5.41) is 9.85. The topological polar surface area (TPSA) is 73.6 Å². The number of hydrogen-bond acceptors (Lipinski definition) is 4. The number of amides is 3. The van der Waals surface area contributed by atoms with E-state index in [9.17, 15) is 9.59 Å². The van der Waals surface area contributed by atoms with Crippen molar-refractivity contribution in [3.8, 4) is 6.07 Å². The van der Waals surface area contributed by atoms with Crippen molar-refractivity contribution in [1.82, 2.24) is 4.90 Å². The first kappa shape index (κ1) is 25.7. The monoisotopic (exact) mass is 529 g/mol. The standard InChI is InChI=1S/C26H29Cl2N3O3Si/c1-25(2,3)35(4,5)34-22-14-26(13-17-6-8-18(15-29)9-7-17)23(32)31(24(33)30(26)16-22)21-11-19(27)10-20(28)12-21/h6-12,22H,13-14,16H2,1-5H3/t22-,26+/m1/s1. The van der Waals surface area contributed by atoms with E-state index in [1.165, 1.54) is 4.90 Å². The summed E-state index contributed by atoms with van der Waals surface area (Å²) in [5.41, 5.74) is 0.673. The average Bonchev–Trinajstić information content (AvgIpc) is 3.19. The molecule has 3 amide bonds. The lowest BCUT2D eigenvalue weighted by atomic mass is 9.87. The fraction of sp³-hybridized carbons (Fsp3) is 0.423. The van der Waals surface area contributed by atoms with E-state index in [0.717, 1.165) is 5.56 Å². The largest absolute Gasteiger partial charge is 0.412 e. The molecule has 2 saturated heterocycles. The van der Waals surface area contributed by atoms with Gasteiger partial charge in [-0.05, 0) is 54.0 Å². The Morgan fingerprint density at radius 1 is 1.11 bits per heavy atom. The maximum Gasteiger partial charge on any atom is 0.332 e. The van der Waals surface area contributed by atoms with Crippen LogP contribution in [0.15, 0.2) is 42.5 Å². The van der Waals surface area contributed by atoms with Gasteiger partial charge in [-0.3, -0.25) is 4.79 Å². The van der Waals surface area contributed by atoms with Crippen LogP contribution in [0.3, 0.4) is 0 Å². The summed E-state index contributed by atoms with van der Waals surface area (Å²) in [5.74, 6) is -0.313. The van der Waals surface area contributed by atoms with Crippen molar-refractivity contribution in [3.05, 3.63) is 63.6 Å². The molecule has 2 heterocycles. The van der Waals surface area contributed by atoms with Crippen molar-refractivity contribution in [1.29, 1.82) is 5.26 Å². The summed E-state index contributed by atoms with van der Waals surface area (Å²) in [6.45, 7) is 11.2. The number of urea groups is 1. The number of halogens is 2. The predicted octanol–water partition coefficient (Wildman–Crippen LogP) is 6.41. The Morgan fingerprint density at radius 3 is 2.26 bits per heavy atom. The molecule has 2 aromatic carbocycles. The number of fused-ring (bicyclic) bond motifs is 1. The highest BCUT2D eigenvalue weighted by atomic mass is 35.5. The fourth-order valence-electron chi connectivity index (χ4n) is 4.66. The molecule has 0 bridgehead atoms. The van der Waals surface area contributed by atoms with E-state index >= 15 is 0 Å². The normalized spacial score (nSPS) is 22.5. The molecule has 6 nitrogen and oxygen atoms in total. The van der Waals surface area contributed by atoms with Crippen molar-refractivity contribution < 1.29 is 14.0 Å². The molecule has 0 aliphatic carbocycles. The van der Waals surface area contributed by atoms with Gasteiger partial charge in [-0.15, -0.1) is 0 Å². The summed E-state index contributed by atoms with van der Waals surface area (Å²) in [4.78, 5) is 30.6. The third-order valence-electron chi connectivity index (χ3n) is 7.44. The van der Waals surface area contributed by atoms with Crippen LogP contribution in [0.1, 0.15) is 38.3 Å². The Morgan fingerprint density at radius 2 is 1.71 bits per heavy atom. The maximum absolute atomic E-state index is 14.1. The number of anilines is 1. The van der Waals surface area contributed by atoms with Crippen LogP contribution >= 0.6 is 23.2 Å². The van der Waals surface area contributed by atoms with Crippen LogP contribution in [0.2, 0.25) is 28.2 Å². The lowest BCUT2D eigenvalue weighted by Gasteiger charge is -2.38. The van der Waals surface area contributed by atoms with E-state index < -0.39 is 19.9 Å². The van der Waals surface area contributed by atoms with E-state index in [4.69, 9.17) is 32.9 Å². The highest BCUT2D eigenvalue weighted by Gasteiger charge is 2.63. The summed E-state index contributed by atoms with van der Waals surface area (Å²) in [6.07, 6.45) is 0.479. The summed E-state index contributed by atoms with van der Waals surface area (Å²) in [7, 11) is -2.13. The van der Waals surface area contributed by atoms with Crippen molar-refractivity contribution in [2.24, 2.45) is 0 Å². The lowest BCUT2D eigenvalue weighted by molar-refractivity contribution is -0.124. The average molecular weight is 531 g/mol. The zero-order chi connectivity index (χ0) is 25.8. The van der Waals surface area contributed by atoms with Gasteiger partial charge in [0.1, 0.15) is 5.54 Å². The second-order valence-electron chi connectivity index (χ2n) is 10.9. The molecule has 0 unspecified atom stereocenters. The van der Waals surface area contributed by atoms with E-state index in [1.54, 1.807) is 35.2 Å². The van der Waals surface area contributed by atoms with Crippen molar-refractivity contribution in [3.63, 3.8) is 0 Å². The van der Waals surface area contributed by atoms with Gasteiger partial charge in [0.15, 0.2) is 8.32 Å². The molecular formula is C26H29Cl2N3O3Si. The molecule has 9 heteroatoms. The Labute approximate surface area is 217 Å². The molecule has 35 heavy (non-hydrogen) atoms. The number of carbonyl (C=O) groups excluding carboxylic acids is 2. The van der Waals surface area contributed by atoms with Crippen LogP contribution in [-0.2, 0) is 15.6 Å². The van der Waals surface area contributed by atoms with Gasteiger partial charge in [0.05, 0.1) is 23.4 Å². The van der Waals surface area contributed by atoms with Crippen molar-refractivity contribution in [2.45, 2.75) is 63.4 Å². The third-order valence-corrected chi connectivity index (χ3v) is 12.4. The molecular weight excluding hydrogens is 501 g/mol. The smallest absolute Gasteiger partial charge is 0.332 e. The third kappa shape index (κ3) is 4.61. The van der Waals surface area contributed by atoms with Crippen molar-refractivity contribution in [2.75, 3.05) is 11.4 Å². The van der Waals surface area contributed by atoms with Gasteiger partial charge in [0.2, 0.25) is 0 Å². The summed E-state index contributed by atoms with van der Waals surface area (Å²) in [6, 6.07) is 13.6. The first-order valence-electron chi connectivity index (χ1n) is 11.6. The highest BCUT2D eigenvalue weighted by molar-refractivity contribution is 6.74. The second kappa shape index (κ2) is 8.93.